The smallest absolute Gasteiger partial charge is 0.224 e. The van der Waals surface area contributed by atoms with Crippen molar-refractivity contribution in [1.29, 1.82) is 5.26 Å². The highest BCUT2D eigenvalue weighted by atomic mass is 16.1. The van der Waals surface area contributed by atoms with Crippen LogP contribution < -0.4 is 5.32 Å². The first-order valence-corrected chi connectivity index (χ1v) is 8.09. The van der Waals surface area contributed by atoms with Crippen molar-refractivity contribution in [2.24, 2.45) is 0 Å². The van der Waals surface area contributed by atoms with Gasteiger partial charge >= 0.3 is 0 Å². The van der Waals surface area contributed by atoms with Crippen molar-refractivity contribution in [3.8, 4) is 6.07 Å². The van der Waals surface area contributed by atoms with Crippen molar-refractivity contribution in [3.05, 3.63) is 65.2 Å². The number of anilines is 1. The molecule has 2 rings (SSSR count). The van der Waals surface area contributed by atoms with Crippen molar-refractivity contribution in [2.45, 2.75) is 39.0 Å². The van der Waals surface area contributed by atoms with Crippen molar-refractivity contribution in [2.75, 3.05) is 5.32 Å². The van der Waals surface area contributed by atoms with Crippen LogP contribution in [0.1, 0.15) is 42.9 Å². The maximum Gasteiger partial charge on any atom is 0.224 e. The molecule has 1 amide bonds. The van der Waals surface area contributed by atoms with Crippen LogP contribution in [0.2, 0.25) is 0 Å². The van der Waals surface area contributed by atoms with Gasteiger partial charge in [0.1, 0.15) is 0 Å². The molecule has 3 heteroatoms. The van der Waals surface area contributed by atoms with E-state index in [1.54, 1.807) is 12.1 Å². The van der Waals surface area contributed by atoms with Crippen molar-refractivity contribution in [3.63, 3.8) is 0 Å². The van der Waals surface area contributed by atoms with E-state index in [1.807, 2.05) is 24.3 Å². The summed E-state index contributed by atoms with van der Waals surface area (Å²) in [4.78, 5) is 12.0. The SMILES string of the molecule is CCCCc1ccc(NC(=O)CCc2ccc(C#N)cc2)cc1. The van der Waals surface area contributed by atoms with Gasteiger partial charge in [-0.2, -0.15) is 5.26 Å². The van der Waals surface area contributed by atoms with Gasteiger partial charge in [0.25, 0.3) is 0 Å². The van der Waals surface area contributed by atoms with Gasteiger partial charge in [-0.15, -0.1) is 0 Å². The van der Waals surface area contributed by atoms with E-state index in [-0.39, 0.29) is 5.91 Å². The molecule has 0 unspecified atom stereocenters. The number of benzene rings is 2. The molecule has 3 nitrogen and oxygen atoms in total. The minimum Gasteiger partial charge on any atom is -0.326 e. The van der Waals surface area contributed by atoms with Crippen molar-refractivity contribution >= 4 is 11.6 Å². The average molecular weight is 306 g/mol. The van der Waals surface area contributed by atoms with Gasteiger partial charge in [-0.05, 0) is 54.7 Å². The van der Waals surface area contributed by atoms with Crippen LogP contribution in [0.3, 0.4) is 0 Å². The average Bonchev–Trinajstić information content (AvgIpc) is 2.60. The van der Waals surface area contributed by atoms with Crippen molar-refractivity contribution in [1.82, 2.24) is 0 Å². The Hall–Kier alpha value is -2.60. The molecule has 1 N–H and O–H groups in total. The molecular formula is C20H22N2O. The van der Waals surface area contributed by atoms with Gasteiger partial charge in [0, 0.05) is 12.1 Å². The van der Waals surface area contributed by atoms with E-state index < -0.39 is 0 Å². The molecule has 0 atom stereocenters. The largest absolute Gasteiger partial charge is 0.326 e. The van der Waals surface area contributed by atoms with E-state index in [0.717, 1.165) is 17.7 Å². The van der Waals surface area contributed by atoms with Gasteiger partial charge in [-0.1, -0.05) is 37.6 Å². The molecule has 0 saturated carbocycles. The zero-order valence-electron chi connectivity index (χ0n) is 13.5. The summed E-state index contributed by atoms with van der Waals surface area (Å²) in [5.74, 6) is 0.00988. The molecule has 0 aliphatic heterocycles. The van der Waals surface area contributed by atoms with E-state index in [0.29, 0.717) is 18.4 Å². The summed E-state index contributed by atoms with van der Waals surface area (Å²) >= 11 is 0. The van der Waals surface area contributed by atoms with Crippen LogP contribution in [-0.4, -0.2) is 5.91 Å². The zero-order valence-corrected chi connectivity index (χ0v) is 13.5. The van der Waals surface area contributed by atoms with Crippen LogP contribution >= 0.6 is 0 Å². The number of nitriles is 1. The summed E-state index contributed by atoms with van der Waals surface area (Å²) in [7, 11) is 0. The highest BCUT2D eigenvalue weighted by Gasteiger charge is 2.04. The number of unbranched alkanes of at least 4 members (excludes halogenated alkanes) is 1. The Morgan fingerprint density at radius 3 is 2.22 bits per heavy atom. The Morgan fingerprint density at radius 1 is 1.00 bits per heavy atom. The molecule has 118 valence electrons. The molecule has 0 spiro atoms. The third kappa shape index (κ3) is 5.60. The highest BCUT2D eigenvalue weighted by Crippen LogP contribution is 2.13. The summed E-state index contributed by atoms with van der Waals surface area (Å²) in [6, 6.07) is 17.5. The van der Waals surface area contributed by atoms with Gasteiger partial charge in [0.15, 0.2) is 0 Å². The summed E-state index contributed by atoms with van der Waals surface area (Å²) in [6.07, 6.45) is 4.57. The van der Waals surface area contributed by atoms with Crippen LogP contribution in [0.4, 0.5) is 5.69 Å². The minimum absolute atomic E-state index is 0.00988. The fourth-order valence-electron chi connectivity index (χ4n) is 2.36. The summed E-state index contributed by atoms with van der Waals surface area (Å²) in [5, 5.41) is 11.7. The Balaban J connectivity index is 1.80. The van der Waals surface area contributed by atoms with Crippen LogP contribution in [0, 0.1) is 11.3 Å². The molecule has 0 fully saturated rings. The number of rotatable bonds is 7. The van der Waals surface area contributed by atoms with Gasteiger partial charge in [-0.3, -0.25) is 4.79 Å². The molecule has 0 bridgehead atoms. The van der Waals surface area contributed by atoms with Crippen LogP contribution in [0.5, 0.6) is 0 Å². The molecule has 2 aromatic carbocycles. The number of carbonyl (C=O) groups is 1. The first kappa shape index (κ1) is 16.8. The van der Waals surface area contributed by atoms with Crippen LogP contribution in [0.15, 0.2) is 48.5 Å². The Morgan fingerprint density at radius 2 is 1.61 bits per heavy atom. The number of amides is 1. The molecule has 23 heavy (non-hydrogen) atoms. The normalized spacial score (nSPS) is 10.1. The molecule has 0 aromatic heterocycles. The lowest BCUT2D eigenvalue weighted by Crippen LogP contribution is -2.12. The van der Waals surface area contributed by atoms with Crippen molar-refractivity contribution < 1.29 is 4.79 Å². The number of nitrogens with one attached hydrogen (secondary N) is 1. The Kier molecular flexibility index (Phi) is 6.38. The van der Waals surface area contributed by atoms with E-state index in [9.17, 15) is 4.79 Å². The Labute approximate surface area is 138 Å². The number of carbonyl (C=O) groups excluding carboxylic acids is 1. The molecule has 0 aliphatic carbocycles. The topological polar surface area (TPSA) is 52.9 Å². The number of hydrogen-bond acceptors (Lipinski definition) is 2. The summed E-state index contributed by atoms with van der Waals surface area (Å²) in [6.45, 7) is 2.18. The molecule has 0 aliphatic rings. The maximum absolute atomic E-state index is 12.0. The predicted octanol–water partition coefficient (Wildman–Crippen LogP) is 4.47. The number of nitrogens with zero attached hydrogens (tertiary/aromatic N) is 1. The highest BCUT2D eigenvalue weighted by molar-refractivity contribution is 5.90. The quantitative estimate of drug-likeness (QED) is 0.820. The Bertz CT molecular complexity index is 666. The van der Waals surface area contributed by atoms with E-state index in [2.05, 4.69) is 30.4 Å². The lowest BCUT2D eigenvalue weighted by atomic mass is 10.1. The van der Waals surface area contributed by atoms with Gasteiger partial charge in [0.05, 0.1) is 11.6 Å². The minimum atomic E-state index is 0.00988. The fraction of sp³-hybridized carbons (Fsp3) is 0.300. The molecule has 2 aromatic rings. The third-order valence-corrected chi connectivity index (χ3v) is 3.78. The van der Waals surface area contributed by atoms with Gasteiger partial charge in [0.2, 0.25) is 5.91 Å². The third-order valence-electron chi connectivity index (χ3n) is 3.78. The summed E-state index contributed by atoms with van der Waals surface area (Å²) in [5.41, 5.74) is 3.85. The van der Waals surface area contributed by atoms with E-state index in [1.165, 1.54) is 18.4 Å². The number of hydrogen-bond donors (Lipinski definition) is 1. The molecule has 0 heterocycles. The second-order valence-electron chi connectivity index (χ2n) is 5.66. The number of aryl methyl sites for hydroxylation is 2. The molecular weight excluding hydrogens is 284 g/mol. The first-order chi connectivity index (χ1) is 11.2. The van der Waals surface area contributed by atoms with Crippen LogP contribution in [0.25, 0.3) is 0 Å². The zero-order chi connectivity index (χ0) is 16.5. The predicted molar refractivity (Wildman–Crippen MR) is 93.2 cm³/mol. The lowest BCUT2D eigenvalue weighted by molar-refractivity contribution is -0.116. The second-order valence-corrected chi connectivity index (χ2v) is 5.66. The first-order valence-electron chi connectivity index (χ1n) is 8.09. The van der Waals surface area contributed by atoms with E-state index in [4.69, 9.17) is 5.26 Å². The summed E-state index contributed by atoms with van der Waals surface area (Å²) < 4.78 is 0. The van der Waals surface area contributed by atoms with Crippen LogP contribution in [-0.2, 0) is 17.6 Å². The molecule has 0 radical (unpaired) electrons. The van der Waals surface area contributed by atoms with Gasteiger partial charge < -0.3 is 5.32 Å². The maximum atomic E-state index is 12.0. The monoisotopic (exact) mass is 306 g/mol. The fourth-order valence-corrected chi connectivity index (χ4v) is 2.36. The molecule has 0 saturated heterocycles. The second kappa shape index (κ2) is 8.75. The standard InChI is InChI=1S/C20H22N2O/c1-2-3-4-16-9-12-19(13-10-16)22-20(23)14-11-17-5-7-18(15-21)8-6-17/h5-10,12-13H,2-4,11,14H2,1H3,(H,22,23). The van der Waals surface area contributed by atoms with Gasteiger partial charge in [-0.25, -0.2) is 0 Å². The lowest BCUT2D eigenvalue weighted by Gasteiger charge is -2.07. The van der Waals surface area contributed by atoms with E-state index >= 15 is 0 Å².